The Hall–Kier alpha value is -2.56. The van der Waals surface area contributed by atoms with Crippen LogP contribution in [0.5, 0.6) is 0 Å². The van der Waals surface area contributed by atoms with Crippen LogP contribution < -0.4 is 0 Å². The van der Waals surface area contributed by atoms with E-state index in [1.807, 2.05) is 41.8 Å². The zero-order valence-corrected chi connectivity index (χ0v) is 9.85. The van der Waals surface area contributed by atoms with E-state index < -0.39 is 0 Å². The van der Waals surface area contributed by atoms with E-state index in [4.69, 9.17) is 0 Å². The van der Waals surface area contributed by atoms with Crippen molar-refractivity contribution in [3.05, 3.63) is 54.9 Å². The van der Waals surface area contributed by atoms with Gasteiger partial charge in [0.15, 0.2) is 5.82 Å². The molecule has 0 unspecified atom stereocenters. The van der Waals surface area contributed by atoms with Gasteiger partial charge in [-0.25, -0.2) is 9.97 Å². The van der Waals surface area contributed by atoms with Crippen molar-refractivity contribution in [1.82, 2.24) is 24.7 Å². The van der Waals surface area contributed by atoms with Crippen molar-refractivity contribution < 1.29 is 0 Å². The van der Waals surface area contributed by atoms with Gasteiger partial charge in [0.1, 0.15) is 12.2 Å². The Kier molecular flexibility index (Phi) is 2.57. The van der Waals surface area contributed by atoms with Gasteiger partial charge >= 0.3 is 0 Å². The third kappa shape index (κ3) is 1.75. The summed E-state index contributed by atoms with van der Waals surface area (Å²) in [6.07, 6.45) is 5.00. The first-order chi connectivity index (χ1) is 8.86. The monoisotopic (exact) mass is 237 g/mol. The van der Waals surface area contributed by atoms with Crippen LogP contribution in [0.2, 0.25) is 0 Å². The summed E-state index contributed by atoms with van der Waals surface area (Å²) in [5.74, 6) is 1.60. The van der Waals surface area contributed by atoms with Gasteiger partial charge in [0.05, 0.1) is 18.1 Å². The Morgan fingerprint density at radius 2 is 1.67 bits per heavy atom. The number of hydrogen-bond acceptors (Lipinski definition) is 4. The molecule has 0 spiro atoms. The molecule has 1 aromatic carbocycles. The zero-order chi connectivity index (χ0) is 12.4. The summed E-state index contributed by atoms with van der Waals surface area (Å²) in [4.78, 5) is 8.06. The fraction of sp³-hybridized carbons (Fsp3) is 0.0769. The zero-order valence-electron chi connectivity index (χ0n) is 9.85. The van der Waals surface area contributed by atoms with Gasteiger partial charge in [0, 0.05) is 5.56 Å². The molecule has 3 rings (SSSR count). The lowest BCUT2D eigenvalue weighted by Crippen LogP contribution is -2.00. The van der Waals surface area contributed by atoms with E-state index >= 15 is 0 Å². The maximum Gasteiger partial charge on any atom is 0.168 e. The number of hydrogen-bond donors (Lipinski definition) is 0. The average molecular weight is 237 g/mol. The minimum atomic E-state index is 0.794. The van der Waals surface area contributed by atoms with Gasteiger partial charge < -0.3 is 0 Å². The van der Waals surface area contributed by atoms with Crippen LogP contribution in [0.4, 0.5) is 0 Å². The summed E-state index contributed by atoms with van der Waals surface area (Å²) in [7, 11) is 0. The van der Waals surface area contributed by atoms with Crippen LogP contribution in [-0.2, 0) is 0 Å². The van der Waals surface area contributed by atoms with E-state index in [1.165, 1.54) is 6.33 Å². The molecule has 0 saturated carbocycles. The number of aromatic nitrogens is 5. The molecular formula is C13H11N5. The lowest BCUT2D eigenvalue weighted by Gasteiger charge is -2.07. The fourth-order valence-electron chi connectivity index (χ4n) is 1.85. The molecule has 0 fully saturated rings. The molecule has 5 heteroatoms. The van der Waals surface area contributed by atoms with E-state index in [2.05, 4.69) is 20.2 Å². The Balaban J connectivity index is 2.19. The van der Waals surface area contributed by atoms with Crippen molar-refractivity contribution in [2.24, 2.45) is 0 Å². The summed E-state index contributed by atoms with van der Waals surface area (Å²) in [5, 5.41) is 8.35. The van der Waals surface area contributed by atoms with Crippen LogP contribution in [0.3, 0.4) is 0 Å². The van der Waals surface area contributed by atoms with E-state index in [0.717, 1.165) is 22.9 Å². The predicted octanol–water partition coefficient (Wildman–Crippen LogP) is 2.03. The van der Waals surface area contributed by atoms with Gasteiger partial charge in [-0.1, -0.05) is 30.3 Å². The lowest BCUT2D eigenvalue weighted by atomic mass is 10.2. The van der Waals surface area contributed by atoms with Crippen molar-refractivity contribution in [1.29, 1.82) is 0 Å². The molecule has 3 aromatic rings. The SMILES string of the molecule is Cc1nnc(-c2ccccc2)n1-c1cncnc1. The molecule has 0 bridgehead atoms. The molecule has 0 aliphatic rings. The normalized spacial score (nSPS) is 10.5. The molecule has 88 valence electrons. The summed E-state index contributed by atoms with van der Waals surface area (Å²) < 4.78 is 1.94. The summed E-state index contributed by atoms with van der Waals surface area (Å²) in [6.45, 7) is 1.91. The highest BCUT2D eigenvalue weighted by molar-refractivity contribution is 5.57. The van der Waals surface area contributed by atoms with Gasteiger partial charge in [-0.3, -0.25) is 4.57 Å². The third-order valence-corrected chi connectivity index (χ3v) is 2.66. The molecule has 0 saturated heterocycles. The van der Waals surface area contributed by atoms with Gasteiger partial charge in [-0.2, -0.15) is 0 Å². The molecular weight excluding hydrogens is 226 g/mol. The standard InChI is InChI=1S/C13H11N5/c1-10-16-17-13(11-5-3-2-4-6-11)18(10)12-7-14-9-15-8-12/h2-9H,1H3. The van der Waals surface area contributed by atoms with Crippen LogP contribution in [0, 0.1) is 6.92 Å². The predicted molar refractivity (Wildman–Crippen MR) is 67.1 cm³/mol. The van der Waals surface area contributed by atoms with Crippen molar-refractivity contribution in [2.45, 2.75) is 6.92 Å². The minimum Gasteiger partial charge on any atom is -0.276 e. The quantitative estimate of drug-likeness (QED) is 0.684. The molecule has 0 aliphatic carbocycles. The van der Waals surface area contributed by atoms with Gasteiger partial charge in [-0.15, -0.1) is 10.2 Å². The summed E-state index contributed by atoms with van der Waals surface area (Å²) >= 11 is 0. The smallest absolute Gasteiger partial charge is 0.168 e. The molecule has 0 radical (unpaired) electrons. The lowest BCUT2D eigenvalue weighted by molar-refractivity contribution is 0.949. The minimum absolute atomic E-state index is 0.794. The van der Waals surface area contributed by atoms with Crippen molar-refractivity contribution in [2.75, 3.05) is 0 Å². The first kappa shape index (κ1) is 10.6. The fourth-order valence-corrected chi connectivity index (χ4v) is 1.85. The van der Waals surface area contributed by atoms with Crippen molar-refractivity contribution >= 4 is 0 Å². The molecule has 0 aliphatic heterocycles. The maximum absolute atomic E-state index is 4.22. The van der Waals surface area contributed by atoms with Crippen LogP contribution in [0.15, 0.2) is 49.1 Å². The summed E-state index contributed by atoms with van der Waals surface area (Å²) in [6, 6.07) is 9.94. The van der Waals surface area contributed by atoms with E-state index in [0.29, 0.717) is 0 Å². The Morgan fingerprint density at radius 3 is 2.39 bits per heavy atom. The van der Waals surface area contributed by atoms with Gasteiger partial charge in [0.2, 0.25) is 0 Å². The van der Waals surface area contributed by atoms with Crippen molar-refractivity contribution in [3.63, 3.8) is 0 Å². The Labute approximate surface area is 104 Å². The number of benzene rings is 1. The highest BCUT2D eigenvalue weighted by atomic mass is 15.3. The third-order valence-electron chi connectivity index (χ3n) is 2.66. The van der Waals surface area contributed by atoms with Crippen LogP contribution >= 0.6 is 0 Å². The van der Waals surface area contributed by atoms with E-state index in [9.17, 15) is 0 Å². The second-order valence-corrected chi connectivity index (χ2v) is 3.87. The van der Waals surface area contributed by atoms with E-state index in [-0.39, 0.29) is 0 Å². The number of rotatable bonds is 2. The van der Waals surface area contributed by atoms with Crippen molar-refractivity contribution in [3.8, 4) is 17.1 Å². The maximum atomic E-state index is 4.22. The second kappa shape index (κ2) is 4.37. The topological polar surface area (TPSA) is 56.5 Å². The molecule has 5 nitrogen and oxygen atoms in total. The highest BCUT2D eigenvalue weighted by Gasteiger charge is 2.12. The van der Waals surface area contributed by atoms with Crippen LogP contribution in [0.25, 0.3) is 17.1 Å². The molecule has 18 heavy (non-hydrogen) atoms. The molecule has 0 N–H and O–H groups in total. The van der Waals surface area contributed by atoms with Gasteiger partial charge in [-0.05, 0) is 6.92 Å². The van der Waals surface area contributed by atoms with E-state index in [1.54, 1.807) is 12.4 Å². The highest BCUT2D eigenvalue weighted by Crippen LogP contribution is 2.21. The largest absolute Gasteiger partial charge is 0.276 e. The van der Waals surface area contributed by atoms with Crippen LogP contribution in [-0.4, -0.2) is 24.7 Å². The Morgan fingerprint density at radius 1 is 0.944 bits per heavy atom. The average Bonchev–Trinajstić information content (AvgIpc) is 2.83. The number of nitrogens with zero attached hydrogens (tertiary/aromatic N) is 5. The second-order valence-electron chi connectivity index (χ2n) is 3.87. The van der Waals surface area contributed by atoms with Gasteiger partial charge in [0.25, 0.3) is 0 Å². The Bertz CT molecular complexity index is 646. The molecule has 0 atom stereocenters. The summed E-state index contributed by atoms with van der Waals surface area (Å²) in [5.41, 5.74) is 1.88. The molecule has 0 amide bonds. The number of aryl methyl sites for hydroxylation is 1. The molecule has 2 aromatic heterocycles. The first-order valence-electron chi connectivity index (χ1n) is 5.59. The first-order valence-corrected chi connectivity index (χ1v) is 5.59. The molecule has 2 heterocycles. The van der Waals surface area contributed by atoms with Crippen LogP contribution in [0.1, 0.15) is 5.82 Å².